The highest BCUT2D eigenvalue weighted by Crippen LogP contribution is 2.37. The van der Waals surface area contributed by atoms with Gasteiger partial charge in [-0.25, -0.2) is 4.39 Å². The van der Waals surface area contributed by atoms with Gasteiger partial charge in [-0.2, -0.15) is 5.26 Å². The van der Waals surface area contributed by atoms with E-state index < -0.39 is 5.54 Å². The molecule has 0 aromatic heterocycles. The molecule has 1 aromatic carbocycles. The quantitative estimate of drug-likeness (QED) is 0.906. The second kappa shape index (κ2) is 4.92. The Balaban J connectivity index is 1.82. The van der Waals surface area contributed by atoms with E-state index >= 15 is 0 Å². The van der Waals surface area contributed by atoms with E-state index in [9.17, 15) is 9.65 Å². The topological polar surface area (TPSA) is 45.0 Å². The number of nitriles is 1. The van der Waals surface area contributed by atoms with Gasteiger partial charge < -0.3 is 4.74 Å². The Kier molecular flexibility index (Phi) is 3.26. The molecule has 2 unspecified atom stereocenters. The minimum Gasteiger partial charge on any atom is -0.377 e. The Bertz CT molecular complexity index is 519. The summed E-state index contributed by atoms with van der Waals surface area (Å²) in [6.07, 6.45) is 3.55. The van der Waals surface area contributed by atoms with Crippen molar-refractivity contribution in [3.63, 3.8) is 0 Å². The molecule has 1 aromatic rings. The van der Waals surface area contributed by atoms with Crippen LogP contribution in [0.15, 0.2) is 18.2 Å². The Morgan fingerprint density at radius 1 is 1.53 bits per heavy atom. The molecule has 19 heavy (non-hydrogen) atoms. The van der Waals surface area contributed by atoms with Crippen molar-refractivity contribution in [1.29, 1.82) is 5.26 Å². The van der Waals surface area contributed by atoms with Gasteiger partial charge in [0.05, 0.1) is 12.2 Å². The van der Waals surface area contributed by atoms with Gasteiger partial charge in [0, 0.05) is 13.2 Å². The maximum absolute atomic E-state index is 13.7. The Hall–Kier alpha value is -1.44. The van der Waals surface area contributed by atoms with E-state index in [-0.39, 0.29) is 11.9 Å². The normalized spacial score (nSPS) is 29.2. The molecule has 1 saturated heterocycles. The number of ether oxygens (including phenoxy) is 1. The van der Waals surface area contributed by atoms with Crippen LogP contribution in [0.25, 0.3) is 0 Å². The lowest BCUT2D eigenvalue weighted by Crippen LogP contribution is -2.43. The minimum atomic E-state index is -0.747. The lowest BCUT2D eigenvalue weighted by atomic mass is 9.93. The predicted octanol–water partition coefficient (Wildman–Crippen LogP) is 2.26. The summed E-state index contributed by atoms with van der Waals surface area (Å²) in [5.41, 5.74) is 0.737. The first kappa shape index (κ1) is 12.6. The summed E-state index contributed by atoms with van der Waals surface area (Å²) >= 11 is 0. The molecule has 3 rings (SSSR count). The first-order valence-electron chi connectivity index (χ1n) is 6.81. The summed E-state index contributed by atoms with van der Waals surface area (Å²) in [7, 11) is 0. The average molecular weight is 260 g/mol. The zero-order chi connectivity index (χ0) is 13.3. The van der Waals surface area contributed by atoms with E-state index in [1.165, 1.54) is 6.07 Å². The van der Waals surface area contributed by atoms with Gasteiger partial charge in [0.2, 0.25) is 0 Å². The van der Waals surface area contributed by atoms with Crippen LogP contribution in [-0.4, -0.2) is 19.3 Å². The van der Waals surface area contributed by atoms with Crippen LogP contribution >= 0.6 is 0 Å². The predicted molar refractivity (Wildman–Crippen MR) is 69.0 cm³/mol. The van der Waals surface area contributed by atoms with E-state index in [1.54, 1.807) is 6.07 Å². The fourth-order valence-corrected chi connectivity index (χ4v) is 3.09. The third-order valence-corrected chi connectivity index (χ3v) is 4.18. The zero-order valence-corrected chi connectivity index (χ0v) is 10.8. The second-order valence-corrected chi connectivity index (χ2v) is 5.30. The average Bonchev–Trinajstić information content (AvgIpc) is 3.05. The Morgan fingerprint density at radius 2 is 2.42 bits per heavy atom. The van der Waals surface area contributed by atoms with Crippen molar-refractivity contribution >= 4 is 0 Å². The molecule has 1 heterocycles. The molecule has 3 nitrogen and oxygen atoms in total. The van der Waals surface area contributed by atoms with Crippen molar-refractivity contribution in [3.8, 4) is 6.07 Å². The van der Waals surface area contributed by atoms with Crippen LogP contribution in [0.5, 0.6) is 0 Å². The lowest BCUT2D eigenvalue weighted by molar-refractivity contribution is 0.104. The van der Waals surface area contributed by atoms with Crippen molar-refractivity contribution in [2.45, 2.75) is 37.3 Å². The molecule has 0 saturated carbocycles. The number of nitrogens with zero attached hydrogens (tertiary/aromatic N) is 1. The number of rotatable bonds is 3. The summed E-state index contributed by atoms with van der Waals surface area (Å²) in [4.78, 5) is 0. The van der Waals surface area contributed by atoms with Crippen LogP contribution in [0, 0.1) is 17.1 Å². The maximum Gasteiger partial charge on any atom is 0.133 e. The molecule has 0 amide bonds. The monoisotopic (exact) mass is 260 g/mol. The SMILES string of the molecule is N#CC1(NCC2CCCO2)CCc2c(F)cccc21. The van der Waals surface area contributed by atoms with E-state index in [0.717, 1.165) is 25.0 Å². The van der Waals surface area contributed by atoms with Crippen LogP contribution < -0.4 is 5.32 Å². The van der Waals surface area contributed by atoms with Crippen LogP contribution in [0.1, 0.15) is 30.4 Å². The summed E-state index contributed by atoms with van der Waals surface area (Å²) in [6, 6.07) is 7.35. The standard InChI is InChI=1S/C15H17FN2O/c16-14-5-1-4-13-12(14)6-7-15(13,10-17)18-9-11-3-2-8-19-11/h1,4-5,11,18H,2-3,6-9H2. The van der Waals surface area contributed by atoms with Gasteiger partial charge in [0.15, 0.2) is 0 Å². The van der Waals surface area contributed by atoms with Gasteiger partial charge in [-0.1, -0.05) is 12.1 Å². The van der Waals surface area contributed by atoms with Crippen molar-refractivity contribution in [1.82, 2.24) is 5.32 Å². The molecule has 1 N–H and O–H groups in total. The van der Waals surface area contributed by atoms with E-state index in [2.05, 4.69) is 11.4 Å². The van der Waals surface area contributed by atoms with Gasteiger partial charge in [-0.15, -0.1) is 0 Å². The lowest BCUT2D eigenvalue weighted by Gasteiger charge is -2.25. The molecule has 1 fully saturated rings. The minimum absolute atomic E-state index is 0.183. The summed E-state index contributed by atoms with van der Waals surface area (Å²) in [6.45, 7) is 1.46. The molecule has 100 valence electrons. The number of benzene rings is 1. The van der Waals surface area contributed by atoms with Crippen LogP contribution in [0.2, 0.25) is 0 Å². The number of halogens is 1. The first-order valence-corrected chi connectivity index (χ1v) is 6.81. The van der Waals surface area contributed by atoms with Crippen molar-refractivity contribution in [2.75, 3.05) is 13.2 Å². The fourth-order valence-electron chi connectivity index (χ4n) is 3.09. The van der Waals surface area contributed by atoms with Gasteiger partial charge in [0.25, 0.3) is 0 Å². The van der Waals surface area contributed by atoms with Crippen LogP contribution in [0.3, 0.4) is 0 Å². The maximum atomic E-state index is 13.7. The molecule has 1 aliphatic heterocycles. The van der Waals surface area contributed by atoms with Crippen LogP contribution in [0.4, 0.5) is 4.39 Å². The highest BCUT2D eigenvalue weighted by Gasteiger charge is 2.40. The third kappa shape index (κ3) is 2.13. The summed E-state index contributed by atoms with van der Waals surface area (Å²) in [5, 5.41) is 12.9. The number of nitrogens with one attached hydrogen (secondary N) is 1. The Morgan fingerprint density at radius 3 is 3.16 bits per heavy atom. The largest absolute Gasteiger partial charge is 0.377 e. The highest BCUT2D eigenvalue weighted by atomic mass is 19.1. The zero-order valence-electron chi connectivity index (χ0n) is 10.8. The van der Waals surface area contributed by atoms with Crippen molar-refractivity contribution in [3.05, 3.63) is 35.1 Å². The molecular formula is C15H17FN2O. The second-order valence-electron chi connectivity index (χ2n) is 5.30. The van der Waals surface area contributed by atoms with Crippen molar-refractivity contribution < 1.29 is 9.13 Å². The molecule has 4 heteroatoms. The molecule has 0 radical (unpaired) electrons. The van der Waals surface area contributed by atoms with Crippen LogP contribution in [-0.2, 0) is 16.7 Å². The molecule has 2 atom stereocenters. The molecule has 1 aliphatic carbocycles. The van der Waals surface area contributed by atoms with Gasteiger partial charge in [-0.3, -0.25) is 5.32 Å². The molecular weight excluding hydrogens is 243 g/mol. The highest BCUT2D eigenvalue weighted by molar-refractivity contribution is 5.44. The molecule has 2 aliphatic rings. The Labute approximate surface area is 112 Å². The molecule has 0 bridgehead atoms. The number of fused-ring (bicyclic) bond motifs is 1. The summed E-state index contributed by atoms with van der Waals surface area (Å²) < 4.78 is 19.3. The van der Waals surface area contributed by atoms with Gasteiger partial charge in [0.1, 0.15) is 11.4 Å². The fraction of sp³-hybridized carbons (Fsp3) is 0.533. The smallest absolute Gasteiger partial charge is 0.133 e. The first-order chi connectivity index (χ1) is 9.25. The third-order valence-electron chi connectivity index (χ3n) is 4.18. The molecule has 0 spiro atoms. The van der Waals surface area contributed by atoms with Gasteiger partial charge in [-0.05, 0) is 42.9 Å². The van der Waals surface area contributed by atoms with Crippen molar-refractivity contribution in [2.24, 2.45) is 0 Å². The van der Waals surface area contributed by atoms with E-state index in [0.29, 0.717) is 24.9 Å². The van der Waals surface area contributed by atoms with E-state index in [1.807, 2.05) is 6.07 Å². The van der Waals surface area contributed by atoms with E-state index in [4.69, 9.17) is 4.74 Å². The number of hydrogen-bond acceptors (Lipinski definition) is 3. The number of hydrogen-bond donors (Lipinski definition) is 1. The summed E-state index contributed by atoms with van der Waals surface area (Å²) in [5.74, 6) is -0.200. The van der Waals surface area contributed by atoms with Gasteiger partial charge >= 0.3 is 0 Å².